The SMILES string of the molecule is CC1CCN(C(=O)Cn2c(=O)/c(=C/c3cn(-c4ccccc4)nc3-c3cccc(Cl)c3)s/c2=C/C(=O)C(C)(C)C)CC1. The highest BCUT2D eigenvalue weighted by atomic mass is 35.5. The molecule has 1 fully saturated rings. The predicted octanol–water partition coefficient (Wildman–Crippen LogP) is 4.90. The summed E-state index contributed by atoms with van der Waals surface area (Å²) < 4.78 is 4.09. The van der Waals surface area contributed by atoms with E-state index in [-0.39, 0.29) is 23.8 Å². The van der Waals surface area contributed by atoms with Crippen LogP contribution in [0.4, 0.5) is 0 Å². The van der Waals surface area contributed by atoms with E-state index < -0.39 is 5.41 Å². The fraction of sp³-hybridized carbons (Fsp3) is 0.333. The predicted molar refractivity (Wildman–Crippen MR) is 169 cm³/mol. The van der Waals surface area contributed by atoms with Crippen LogP contribution in [0, 0.1) is 11.3 Å². The van der Waals surface area contributed by atoms with Crippen molar-refractivity contribution >= 4 is 46.8 Å². The Hall–Kier alpha value is -3.75. The third kappa shape index (κ3) is 6.66. The van der Waals surface area contributed by atoms with Gasteiger partial charge in [-0.3, -0.25) is 19.0 Å². The van der Waals surface area contributed by atoms with Crippen LogP contribution in [0.2, 0.25) is 5.02 Å². The summed E-state index contributed by atoms with van der Waals surface area (Å²) in [5, 5.41) is 5.42. The van der Waals surface area contributed by atoms with E-state index in [4.69, 9.17) is 16.7 Å². The monoisotopic (exact) mass is 602 g/mol. The summed E-state index contributed by atoms with van der Waals surface area (Å²) in [7, 11) is 0. The van der Waals surface area contributed by atoms with Gasteiger partial charge in [0.1, 0.15) is 16.9 Å². The van der Waals surface area contributed by atoms with Crippen molar-refractivity contribution in [1.29, 1.82) is 0 Å². The first-order valence-electron chi connectivity index (χ1n) is 14.2. The highest BCUT2D eigenvalue weighted by Crippen LogP contribution is 2.26. The second-order valence-corrected chi connectivity index (χ2v) is 13.4. The number of nitrogens with zero attached hydrogens (tertiary/aromatic N) is 4. The van der Waals surface area contributed by atoms with E-state index in [9.17, 15) is 14.4 Å². The molecule has 3 heterocycles. The van der Waals surface area contributed by atoms with E-state index in [0.29, 0.717) is 38.9 Å². The topological polar surface area (TPSA) is 77.2 Å². The van der Waals surface area contributed by atoms with Gasteiger partial charge in [-0.15, -0.1) is 11.3 Å². The lowest BCUT2D eigenvalue weighted by molar-refractivity contribution is -0.133. The minimum atomic E-state index is -0.627. The molecule has 42 heavy (non-hydrogen) atoms. The van der Waals surface area contributed by atoms with Gasteiger partial charge in [-0.2, -0.15) is 5.10 Å². The Morgan fingerprint density at radius 3 is 2.45 bits per heavy atom. The molecule has 0 atom stereocenters. The van der Waals surface area contributed by atoms with Crippen LogP contribution in [0.15, 0.2) is 65.6 Å². The number of amides is 1. The molecule has 0 N–H and O–H groups in total. The third-order valence-electron chi connectivity index (χ3n) is 7.51. The summed E-state index contributed by atoms with van der Waals surface area (Å²) in [5.41, 5.74) is 2.13. The normalized spacial score (nSPS) is 15.4. The van der Waals surface area contributed by atoms with Gasteiger partial charge >= 0.3 is 0 Å². The second kappa shape index (κ2) is 12.2. The maximum absolute atomic E-state index is 13.9. The largest absolute Gasteiger partial charge is 0.341 e. The molecule has 2 aromatic heterocycles. The van der Waals surface area contributed by atoms with E-state index >= 15 is 0 Å². The summed E-state index contributed by atoms with van der Waals surface area (Å²) in [6.45, 7) is 8.96. The van der Waals surface area contributed by atoms with Gasteiger partial charge in [0.25, 0.3) is 5.56 Å². The van der Waals surface area contributed by atoms with E-state index in [1.54, 1.807) is 16.8 Å². The molecule has 5 rings (SSSR count). The zero-order chi connectivity index (χ0) is 30.0. The number of para-hydroxylation sites is 1. The van der Waals surface area contributed by atoms with E-state index in [2.05, 4.69) is 6.92 Å². The molecule has 9 heteroatoms. The molecule has 218 valence electrons. The van der Waals surface area contributed by atoms with Crippen molar-refractivity contribution < 1.29 is 9.59 Å². The van der Waals surface area contributed by atoms with Crippen LogP contribution < -0.4 is 14.8 Å². The molecular weight excluding hydrogens is 568 g/mol. The van der Waals surface area contributed by atoms with Gasteiger partial charge in [0, 0.05) is 46.9 Å². The fourth-order valence-electron chi connectivity index (χ4n) is 4.82. The lowest BCUT2D eigenvalue weighted by atomic mass is 9.91. The third-order valence-corrected chi connectivity index (χ3v) is 8.80. The molecule has 7 nitrogen and oxygen atoms in total. The number of benzene rings is 2. The number of halogens is 1. The first-order valence-corrected chi connectivity index (χ1v) is 15.4. The second-order valence-electron chi connectivity index (χ2n) is 11.9. The number of hydrogen-bond acceptors (Lipinski definition) is 5. The van der Waals surface area contributed by atoms with Crippen molar-refractivity contribution in [3.8, 4) is 16.9 Å². The van der Waals surface area contributed by atoms with Crippen LogP contribution in [0.1, 0.15) is 46.1 Å². The van der Waals surface area contributed by atoms with Gasteiger partial charge in [-0.1, -0.05) is 69.6 Å². The Labute approximate surface area is 254 Å². The van der Waals surface area contributed by atoms with Crippen LogP contribution in [-0.4, -0.2) is 44.0 Å². The van der Waals surface area contributed by atoms with Crippen molar-refractivity contribution in [3.05, 3.63) is 90.9 Å². The summed E-state index contributed by atoms with van der Waals surface area (Å²) in [5.74, 6) is 0.362. The number of aromatic nitrogens is 3. The molecule has 1 saturated heterocycles. The minimum Gasteiger partial charge on any atom is -0.341 e. The van der Waals surface area contributed by atoms with Crippen LogP contribution in [0.25, 0.3) is 29.1 Å². The highest BCUT2D eigenvalue weighted by molar-refractivity contribution is 7.07. The lowest BCUT2D eigenvalue weighted by Crippen LogP contribution is -2.43. The Bertz CT molecular complexity index is 1790. The summed E-state index contributed by atoms with van der Waals surface area (Å²) in [4.78, 5) is 42.0. The Balaban J connectivity index is 1.65. The molecule has 4 aromatic rings. The number of carbonyl (C=O) groups excluding carboxylic acids is 2. The van der Waals surface area contributed by atoms with Crippen molar-refractivity contribution in [2.75, 3.05) is 13.1 Å². The number of thiazole rings is 1. The van der Waals surface area contributed by atoms with Crippen LogP contribution in [-0.2, 0) is 16.1 Å². The quantitative estimate of drug-likeness (QED) is 0.315. The van der Waals surface area contributed by atoms with Crippen molar-refractivity contribution in [1.82, 2.24) is 19.2 Å². The molecule has 0 spiro atoms. The molecule has 1 amide bonds. The smallest absolute Gasteiger partial charge is 0.269 e. The van der Waals surface area contributed by atoms with Crippen LogP contribution in [0.3, 0.4) is 0 Å². The van der Waals surface area contributed by atoms with Gasteiger partial charge < -0.3 is 4.90 Å². The van der Waals surface area contributed by atoms with Gasteiger partial charge in [0.15, 0.2) is 5.78 Å². The zero-order valence-electron chi connectivity index (χ0n) is 24.3. The fourth-order valence-corrected chi connectivity index (χ4v) is 6.04. The van der Waals surface area contributed by atoms with Crippen molar-refractivity contribution in [2.45, 2.75) is 47.1 Å². The Morgan fingerprint density at radius 2 is 1.79 bits per heavy atom. The first-order chi connectivity index (χ1) is 20.0. The van der Waals surface area contributed by atoms with Gasteiger partial charge in [0.05, 0.1) is 10.2 Å². The maximum atomic E-state index is 13.9. The molecule has 0 bridgehead atoms. The van der Waals surface area contributed by atoms with Crippen molar-refractivity contribution in [2.24, 2.45) is 11.3 Å². The minimum absolute atomic E-state index is 0.106. The molecule has 0 unspecified atom stereocenters. The van der Waals surface area contributed by atoms with E-state index in [0.717, 1.165) is 29.7 Å². The number of likely N-dealkylation sites (tertiary alicyclic amines) is 1. The van der Waals surface area contributed by atoms with Gasteiger partial charge in [-0.25, -0.2) is 4.68 Å². The summed E-state index contributed by atoms with van der Waals surface area (Å²) >= 11 is 7.53. The number of Topliss-reactive ketones (excluding diaryl/α,β-unsaturated/α-hetero) is 1. The average molecular weight is 603 g/mol. The van der Waals surface area contributed by atoms with Crippen molar-refractivity contribution in [3.63, 3.8) is 0 Å². The number of ketones is 1. The molecule has 1 aliphatic heterocycles. The van der Waals surface area contributed by atoms with Crippen LogP contribution in [0.5, 0.6) is 0 Å². The van der Waals surface area contributed by atoms with Gasteiger partial charge in [-0.05, 0) is 49.1 Å². The molecule has 0 aliphatic carbocycles. The average Bonchev–Trinajstić information content (AvgIpc) is 3.50. The number of rotatable bonds is 6. The molecule has 1 aliphatic rings. The molecular formula is C33H35ClN4O3S. The standard InChI is InChI=1S/C33H35ClN4O3S/c1-22-13-15-36(16-14-22)29(40)21-37-30(19-28(39)33(2,3)4)42-27(32(37)41)18-24-20-38(26-11-6-5-7-12-26)35-31(24)23-9-8-10-25(34)17-23/h5-12,17-20,22H,13-16,21H2,1-4H3/b27-18-,30-19+. The Kier molecular flexibility index (Phi) is 8.66. The first kappa shape index (κ1) is 29.7. The summed E-state index contributed by atoms with van der Waals surface area (Å²) in [6.07, 6.45) is 7.06. The number of piperidine rings is 1. The molecule has 2 aromatic carbocycles. The van der Waals surface area contributed by atoms with E-state index in [1.807, 2.05) is 80.4 Å². The summed E-state index contributed by atoms with van der Waals surface area (Å²) in [6, 6.07) is 17.1. The molecule has 0 radical (unpaired) electrons. The van der Waals surface area contributed by atoms with E-state index in [1.165, 1.54) is 22.0 Å². The maximum Gasteiger partial charge on any atom is 0.269 e. The van der Waals surface area contributed by atoms with Gasteiger partial charge in [0.2, 0.25) is 5.91 Å². The highest BCUT2D eigenvalue weighted by Gasteiger charge is 2.23. The number of hydrogen-bond donors (Lipinski definition) is 0. The Morgan fingerprint density at radius 1 is 1.07 bits per heavy atom. The molecule has 0 saturated carbocycles. The lowest BCUT2D eigenvalue weighted by Gasteiger charge is -2.30. The van der Waals surface area contributed by atoms with Crippen LogP contribution >= 0.6 is 22.9 Å². The number of carbonyl (C=O) groups is 2. The zero-order valence-corrected chi connectivity index (χ0v) is 25.9.